The number of hydrogen-bond acceptors (Lipinski definition) is 1. The minimum atomic E-state index is 0.470. The zero-order valence-electron chi connectivity index (χ0n) is 13.8. The van der Waals surface area contributed by atoms with E-state index in [-0.39, 0.29) is 0 Å². The van der Waals surface area contributed by atoms with Crippen LogP contribution in [0, 0.1) is 0 Å². The fraction of sp³-hybridized carbons (Fsp3) is 0.400. The third-order valence-corrected chi connectivity index (χ3v) is 5.29. The second-order valence-corrected chi connectivity index (χ2v) is 7.31. The summed E-state index contributed by atoms with van der Waals surface area (Å²) in [7, 11) is 0. The SMILES string of the molecule is Clc1ccc(OCc2ccccc2Cl)c(C[NH2+]C2CCCCC2)c1. The van der Waals surface area contributed by atoms with Crippen molar-refractivity contribution in [1.82, 2.24) is 0 Å². The maximum absolute atomic E-state index is 6.21. The lowest BCUT2D eigenvalue weighted by molar-refractivity contribution is -0.706. The van der Waals surface area contributed by atoms with Crippen LogP contribution in [-0.2, 0) is 13.2 Å². The van der Waals surface area contributed by atoms with Crippen LogP contribution in [-0.4, -0.2) is 6.04 Å². The van der Waals surface area contributed by atoms with Crippen LogP contribution < -0.4 is 10.1 Å². The largest absolute Gasteiger partial charge is 0.488 e. The molecule has 2 aromatic carbocycles. The highest BCUT2D eigenvalue weighted by molar-refractivity contribution is 6.31. The van der Waals surface area contributed by atoms with Crippen molar-refractivity contribution in [3.05, 3.63) is 63.6 Å². The van der Waals surface area contributed by atoms with Gasteiger partial charge in [0.15, 0.2) is 0 Å². The van der Waals surface area contributed by atoms with Gasteiger partial charge in [-0.1, -0.05) is 47.8 Å². The molecule has 0 atom stereocenters. The number of benzene rings is 2. The number of nitrogens with two attached hydrogens (primary N) is 1. The zero-order valence-corrected chi connectivity index (χ0v) is 15.3. The molecule has 4 heteroatoms. The Labute approximate surface area is 154 Å². The van der Waals surface area contributed by atoms with Crippen molar-refractivity contribution in [2.45, 2.75) is 51.3 Å². The summed E-state index contributed by atoms with van der Waals surface area (Å²) in [5, 5.41) is 3.93. The summed E-state index contributed by atoms with van der Waals surface area (Å²) in [5.74, 6) is 0.895. The predicted molar refractivity (Wildman–Crippen MR) is 99.7 cm³/mol. The molecule has 0 heterocycles. The van der Waals surface area contributed by atoms with Crippen LogP contribution in [0.1, 0.15) is 43.2 Å². The summed E-state index contributed by atoms with van der Waals surface area (Å²) in [4.78, 5) is 0. The minimum Gasteiger partial charge on any atom is -0.488 e. The van der Waals surface area contributed by atoms with Crippen molar-refractivity contribution in [2.24, 2.45) is 0 Å². The van der Waals surface area contributed by atoms with E-state index in [0.717, 1.165) is 39.5 Å². The van der Waals surface area contributed by atoms with Crippen LogP contribution in [0.15, 0.2) is 42.5 Å². The number of ether oxygens (including phenoxy) is 1. The predicted octanol–water partition coefficient (Wildman–Crippen LogP) is 4.97. The van der Waals surface area contributed by atoms with Crippen LogP contribution in [0.2, 0.25) is 10.0 Å². The molecule has 0 aliphatic heterocycles. The first kappa shape index (κ1) is 17.6. The summed E-state index contributed by atoms with van der Waals surface area (Å²) < 4.78 is 6.04. The van der Waals surface area contributed by atoms with Gasteiger partial charge in [-0.3, -0.25) is 0 Å². The highest BCUT2D eigenvalue weighted by Gasteiger charge is 2.17. The Morgan fingerprint density at radius 1 is 0.958 bits per heavy atom. The molecule has 128 valence electrons. The number of halogens is 2. The van der Waals surface area contributed by atoms with E-state index in [1.54, 1.807) is 0 Å². The van der Waals surface area contributed by atoms with Gasteiger partial charge >= 0.3 is 0 Å². The lowest BCUT2D eigenvalue weighted by Gasteiger charge is -2.20. The third kappa shape index (κ3) is 4.89. The smallest absolute Gasteiger partial charge is 0.128 e. The Kier molecular flexibility index (Phi) is 6.42. The molecule has 2 aromatic rings. The van der Waals surface area contributed by atoms with Crippen molar-refractivity contribution in [3.8, 4) is 5.75 Å². The van der Waals surface area contributed by atoms with Crippen molar-refractivity contribution in [1.29, 1.82) is 0 Å². The van der Waals surface area contributed by atoms with Gasteiger partial charge in [0, 0.05) is 21.2 Å². The molecule has 0 amide bonds. The summed E-state index contributed by atoms with van der Waals surface area (Å²) >= 11 is 12.4. The van der Waals surface area contributed by atoms with E-state index in [2.05, 4.69) is 5.32 Å². The molecule has 2 nitrogen and oxygen atoms in total. The minimum absolute atomic E-state index is 0.470. The fourth-order valence-electron chi connectivity index (χ4n) is 3.28. The van der Waals surface area contributed by atoms with Crippen molar-refractivity contribution in [3.63, 3.8) is 0 Å². The number of quaternary nitrogens is 1. The van der Waals surface area contributed by atoms with Gasteiger partial charge in [0.25, 0.3) is 0 Å². The number of rotatable bonds is 6. The Hall–Kier alpha value is -1.22. The first-order valence-corrected chi connectivity index (χ1v) is 9.46. The van der Waals surface area contributed by atoms with Gasteiger partial charge in [-0.15, -0.1) is 0 Å². The van der Waals surface area contributed by atoms with Gasteiger partial charge in [0.2, 0.25) is 0 Å². The monoisotopic (exact) mass is 364 g/mol. The molecular weight excluding hydrogens is 341 g/mol. The van der Waals surface area contributed by atoms with Crippen LogP contribution >= 0.6 is 23.2 Å². The molecule has 0 aromatic heterocycles. The number of hydrogen-bond donors (Lipinski definition) is 1. The molecule has 1 fully saturated rings. The van der Waals surface area contributed by atoms with Crippen molar-refractivity contribution in [2.75, 3.05) is 0 Å². The van der Waals surface area contributed by atoms with E-state index >= 15 is 0 Å². The summed E-state index contributed by atoms with van der Waals surface area (Å²) in [6.07, 6.45) is 6.72. The molecule has 1 aliphatic carbocycles. The maximum Gasteiger partial charge on any atom is 0.128 e. The third-order valence-electron chi connectivity index (χ3n) is 4.68. The van der Waals surface area contributed by atoms with E-state index in [0.29, 0.717) is 6.61 Å². The van der Waals surface area contributed by atoms with Crippen LogP contribution in [0.4, 0.5) is 0 Å². The normalized spacial score (nSPS) is 15.4. The van der Waals surface area contributed by atoms with Gasteiger partial charge in [0.1, 0.15) is 18.9 Å². The first-order valence-electron chi connectivity index (χ1n) is 8.70. The van der Waals surface area contributed by atoms with Gasteiger partial charge in [-0.05, 0) is 49.9 Å². The summed E-state index contributed by atoms with van der Waals surface area (Å²) in [5.41, 5.74) is 2.15. The quantitative estimate of drug-likeness (QED) is 0.769. The molecule has 0 unspecified atom stereocenters. The lowest BCUT2D eigenvalue weighted by atomic mass is 9.95. The van der Waals surface area contributed by atoms with E-state index in [4.69, 9.17) is 27.9 Å². The van der Waals surface area contributed by atoms with Crippen molar-refractivity contribution < 1.29 is 10.1 Å². The Morgan fingerprint density at radius 3 is 2.54 bits per heavy atom. The molecule has 0 radical (unpaired) electrons. The molecule has 0 spiro atoms. The molecular formula is C20H24Cl2NO+. The van der Waals surface area contributed by atoms with Crippen LogP contribution in [0.3, 0.4) is 0 Å². The molecule has 1 saturated carbocycles. The van der Waals surface area contributed by atoms with Crippen LogP contribution in [0.5, 0.6) is 5.75 Å². The first-order chi connectivity index (χ1) is 11.7. The summed E-state index contributed by atoms with van der Waals surface area (Å²) in [6, 6.07) is 14.4. The zero-order chi connectivity index (χ0) is 16.8. The Balaban J connectivity index is 1.65. The van der Waals surface area contributed by atoms with E-state index in [1.807, 2.05) is 42.5 Å². The van der Waals surface area contributed by atoms with Gasteiger partial charge in [-0.2, -0.15) is 0 Å². The van der Waals surface area contributed by atoms with Crippen molar-refractivity contribution >= 4 is 23.2 Å². The lowest BCUT2D eigenvalue weighted by Crippen LogP contribution is -2.88. The van der Waals surface area contributed by atoms with Gasteiger partial charge in [-0.25, -0.2) is 0 Å². The highest BCUT2D eigenvalue weighted by atomic mass is 35.5. The molecule has 0 saturated heterocycles. The average Bonchev–Trinajstić information content (AvgIpc) is 2.61. The van der Waals surface area contributed by atoms with Gasteiger partial charge in [0.05, 0.1) is 6.04 Å². The summed E-state index contributed by atoms with van der Waals surface area (Å²) in [6.45, 7) is 1.38. The molecule has 0 bridgehead atoms. The topological polar surface area (TPSA) is 25.8 Å². The van der Waals surface area contributed by atoms with E-state index in [1.165, 1.54) is 32.1 Å². The van der Waals surface area contributed by atoms with Gasteiger partial charge < -0.3 is 10.1 Å². The maximum atomic E-state index is 6.21. The fourth-order valence-corrected chi connectivity index (χ4v) is 3.67. The average molecular weight is 365 g/mol. The van der Waals surface area contributed by atoms with Crippen LogP contribution in [0.25, 0.3) is 0 Å². The standard InChI is InChI=1S/C20H23Cl2NO/c21-17-10-11-20(24-14-15-6-4-5-9-19(15)22)16(12-17)13-23-18-7-2-1-3-8-18/h4-6,9-12,18,23H,1-3,7-8,13-14H2/p+1. The second kappa shape index (κ2) is 8.75. The Morgan fingerprint density at radius 2 is 1.75 bits per heavy atom. The molecule has 3 rings (SSSR count). The molecule has 1 aliphatic rings. The molecule has 2 N–H and O–H groups in total. The van der Waals surface area contributed by atoms with E-state index < -0.39 is 0 Å². The molecule has 24 heavy (non-hydrogen) atoms. The van der Waals surface area contributed by atoms with E-state index in [9.17, 15) is 0 Å². The highest BCUT2D eigenvalue weighted by Crippen LogP contribution is 2.25. The Bertz CT molecular complexity index is 668. The second-order valence-electron chi connectivity index (χ2n) is 6.47.